The smallest absolute Gasteiger partial charge is 0.274 e. The summed E-state index contributed by atoms with van der Waals surface area (Å²) in [7, 11) is 0. The predicted molar refractivity (Wildman–Crippen MR) is 91.6 cm³/mol. The summed E-state index contributed by atoms with van der Waals surface area (Å²) >= 11 is 0. The van der Waals surface area contributed by atoms with Gasteiger partial charge in [0.15, 0.2) is 5.69 Å². The Bertz CT molecular complexity index is 1170. The van der Waals surface area contributed by atoms with Crippen molar-refractivity contribution in [3.05, 3.63) is 69.8 Å². The lowest BCUT2D eigenvalue weighted by molar-refractivity contribution is 0.0945. The van der Waals surface area contributed by atoms with E-state index in [2.05, 4.69) is 20.4 Å². The van der Waals surface area contributed by atoms with Crippen LogP contribution in [0.4, 0.5) is 0 Å². The van der Waals surface area contributed by atoms with Gasteiger partial charge in [-0.2, -0.15) is 5.10 Å². The Kier molecular flexibility index (Phi) is 3.38. The van der Waals surface area contributed by atoms with E-state index in [4.69, 9.17) is 0 Å². The van der Waals surface area contributed by atoms with Crippen molar-refractivity contribution >= 4 is 17.1 Å². The Morgan fingerprint density at radius 1 is 1.32 bits per heavy atom. The molecule has 25 heavy (non-hydrogen) atoms. The van der Waals surface area contributed by atoms with Crippen molar-refractivity contribution in [1.29, 1.82) is 0 Å². The van der Waals surface area contributed by atoms with Gasteiger partial charge in [-0.3, -0.25) is 9.59 Å². The number of amides is 1. The second-order valence-electron chi connectivity index (χ2n) is 5.96. The Labute approximate surface area is 142 Å². The maximum absolute atomic E-state index is 12.3. The zero-order chi connectivity index (χ0) is 17.6. The predicted octanol–water partition coefficient (Wildman–Crippen LogP) is 1.22. The third-order valence-electron chi connectivity index (χ3n) is 3.99. The number of carbonyl (C=O) groups is 1. The highest BCUT2D eigenvalue weighted by Gasteiger charge is 2.13. The van der Waals surface area contributed by atoms with Crippen molar-refractivity contribution < 1.29 is 4.79 Å². The van der Waals surface area contributed by atoms with E-state index >= 15 is 0 Å². The molecule has 0 atom stereocenters. The standard InChI is InChI=1S/C17H16N6O2/c1-10-4-3-5-22-9-12(20-15(10)22)7-18-16(24)13-6-14-17(25)19-11(2)8-23(14)21-13/h3-6,8-9H,7H2,1-2H3,(H,18,24)(H,19,25). The van der Waals surface area contributed by atoms with E-state index in [1.807, 2.05) is 35.9 Å². The van der Waals surface area contributed by atoms with Gasteiger partial charge in [-0.05, 0) is 25.5 Å². The van der Waals surface area contributed by atoms with Gasteiger partial charge in [0.25, 0.3) is 11.5 Å². The van der Waals surface area contributed by atoms with Gasteiger partial charge in [0.2, 0.25) is 0 Å². The first-order valence-corrected chi connectivity index (χ1v) is 7.82. The van der Waals surface area contributed by atoms with E-state index in [1.165, 1.54) is 10.6 Å². The summed E-state index contributed by atoms with van der Waals surface area (Å²) in [6.45, 7) is 4.03. The van der Waals surface area contributed by atoms with E-state index in [9.17, 15) is 9.59 Å². The van der Waals surface area contributed by atoms with Crippen LogP contribution >= 0.6 is 0 Å². The van der Waals surface area contributed by atoms with Crippen LogP contribution in [0.3, 0.4) is 0 Å². The van der Waals surface area contributed by atoms with Crippen LogP contribution in [0.2, 0.25) is 0 Å². The molecule has 4 heterocycles. The van der Waals surface area contributed by atoms with Gasteiger partial charge >= 0.3 is 0 Å². The second-order valence-corrected chi connectivity index (χ2v) is 5.96. The van der Waals surface area contributed by atoms with Gasteiger partial charge in [0.1, 0.15) is 11.2 Å². The van der Waals surface area contributed by atoms with Gasteiger partial charge in [0, 0.05) is 30.4 Å². The van der Waals surface area contributed by atoms with Gasteiger partial charge in [-0.1, -0.05) is 6.07 Å². The van der Waals surface area contributed by atoms with E-state index in [0.29, 0.717) is 11.2 Å². The van der Waals surface area contributed by atoms with E-state index < -0.39 is 0 Å². The van der Waals surface area contributed by atoms with Crippen LogP contribution in [-0.2, 0) is 6.54 Å². The van der Waals surface area contributed by atoms with Crippen LogP contribution in [0, 0.1) is 13.8 Å². The molecule has 8 nitrogen and oxygen atoms in total. The average molecular weight is 336 g/mol. The largest absolute Gasteiger partial charge is 0.345 e. The first-order valence-electron chi connectivity index (χ1n) is 7.82. The molecule has 8 heteroatoms. The fraction of sp³-hybridized carbons (Fsp3) is 0.176. The quantitative estimate of drug-likeness (QED) is 0.588. The number of nitrogens with zero attached hydrogens (tertiary/aromatic N) is 4. The summed E-state index contributed by atoms with van der Waals surface area (Å²) < 4.78 is 3.33. The summed E-state index contributed by atoms with van der Waals surface area (Å²) in [5, 5.41) is 6.95. The number of nitrogens with one attached hydrogen (secondary N) is 2. The molecule has 4 rings (SSSR count). The topological polar surface area (TPSA) is 96.6 Å². The number of aryl methyl sites for hydroxylation is 2. The first kappa shape index (κ1) is 15.1. The van der Waals surface area contributed by atoms with Crippen LogP contribution < -0.4 is 10.9 Å². The molecule has 4 aromatic rings. The third-order valence-corrected chi connectivity index (χ3v) is 3.99. The molecule has 4 aromatic heterocycles. The number of aromatic amines is 1. The molecule has 0 bridgehead atoms. The maximum Gasteiger partial charge on any atom is 0.274 e. The second kappa shape index (κ2) is 5.59. The van der Waals surface area contributed by atoms with Crippen molar-refractivity contribution in [3.63, 3.8) is 0 Å². The molecule has 0 aliphatic heterocycles. The molecule has 0 saturated carbocycles. The van der Waals surface area contributed by atoms with E-state index in [-0.39, 0.29) is 23.7 Å². The van der Waals surface area contributed by atoms with Gasteiger partial charge < -0.3 is 14.7 Å². The third kappa shape index (κ3) is 2.67. The van der Waals surface area contributed by atoms with Crippen LogP contribution in [0.15, 0.2) is 41.6 Å². The van der Waals surface area contributed by atoms with E-state index in [0.717, 1.165) is 16.9 Å². The lowest BCUT2D eigenvalue weighted by atomic mass is 10.3. The Hall–Kier alpha value is -3.42. The summed E-state index contributed by atoms with van der Waals surface area (Å²) in [4.78, 5) is 31.4. The minimum atomic E-state index is -0.352. The lowest BCUT2D eigenvalue weighted by Gasteiger charge is -1.99. The number of hydrogen-bond donors (Lipinski definition) is 2. The Morgan fingerprint density at radius 3 is 2.96 bits per heavy atom. The normalized spacial score (nSPS) is 11.3. The monoisotopic (exact) mass is 336 g/mol. The molecule has 126 valence electrons. The molecule has 0 aliphatic rings. The van der Waals surface area contributed by atoms with Crippen LogP contribution in [0.1, 0.15) is 27.4 Å². The highest BCUT2D eigenvalue weighted by Crippen LogP contribution is 2.10. The SMILES string of the molecule is Cc1cn2nc(C(=O)NCc3cn4cccc(C)c4n3)cc2c(=O)[nH]1. The minimum absolute atomic E-state index is 0.191. The molecular weight excluding hydrogens is 320 g/mol. The van der Waals surface area contributed by atoms with Crippen molar-refractivity contribution in [3.8, 4) is 0 Å². The number of carbonyl (C=O) groups excluding carboxylic acids is 1. The number of fused-ring (bicyclic) bond motifs is 2. The molecule has 0 radical (unpaired) electrons. The van der Waals surface area contributed by atoms with Crippen molar-refractivity contribution in [2.75, 3.05) is 0 Å². The molecule has 0 spiro atoms. The number of pyridine rings is 1. The number of rotatable bonds is 3. The highest BCUT2D eigenvalue weighted by molar-refractivity contribution is 5.93. The fourth-order valence-corrected chi connectivity index (χ4v) is 2.78. The molecule has 2 N–H and O–H groups in total. The van der Waals surface area contributed by atoms with Gasteiger partial charge in [0.05, 0.1) is 12.2 Å². The van der Waals surface area contributed by atoms with Crippen LogP contribution in [-0.4, -0.2) is 29.9 Å². The minimum Gasteiger partial charge on any atom is -0.345 e. The Balaban J connectivity index is 1.56. The molecular formula is C17H16N6O2. The summed E-state index contributed by atoms with van der Waals surface area (Å²) in [5.41, 5.74) is 3.60. The van der Waals surface area contributed by atoms with E-state index in [1.54, 1.807) is 13.1 Å². The number of hydrogen-bond acceptors (Lipinski definition) is 4. The molecule has 0 aromatic carbocycles. The summed E-state index contributed by atoms with van der Waals surface area (Å²) in [6.07, 6.45) is 5.45. The molecule has 1 amide bonds. The van der Waals surface area contributed by atoms with Crippen molar-refractivity contribution in [1.82, 2.24) is 29.3 Å². The fourth-order valence-electron chi connectivity index (χ4n) is 2.78. The van der Waals surface area contributed by atoms with Crippen molar-refractivity contribution in [2.45, 2.75) is 20.4 Å². The molecule has 0 aliphatic carbocycles. The van der Waals surface area contributed by atoms with Crippen molar-refractivity contribution in [2.24, 2.45) is 0 Å². The molecule has 0 fully saturated rings. The summed E-state index contributed by atoms with van der Waals surface area (Å²) in [5.74, 6) is -0.352. The molecule has 0 unspecified atom stereocenters. The number of H-pyrrole nitrogens is 1. The Morgan fingerprint density at radius 2 is 2.16 bits per heavy atom. The number of imidazole rings is 1. The zero-order valence-electron chi connectivity index (χ0n) is 13.8. The first-order chi connectivity index (χ1) is 12.0. The van der Waals surface area contributed by atoms with Gasteiger partial charge in [-0.15, -0.1) is 0 Å². The van der Waals surface area contributed by atoms with Crippen LogP contribution in [0.5, 0.6) is 0 Å². The number of aromatic nitrogens is 5. The maximum atomic E-state index is 12.3. The van der Waals surface area contributed by atoms with Gasteiger partial charge in [-0.25, -0.2) is 9.50 Å². The zero-order valence-corrected chi connectivity index (χ0v) is 13.8. The summed E-state index contributed by atoms with van der Waals surface area (Å²) in [6, 6.07) is 5.41. The molecule has 0 saturated heterocycles. The average Bonchev–Trinajstić information content (AvgIpc) is 3.17. The van der Waals surface area contributed by atoms with Crippen LogP contribution in [0.25, 0.3) is 11.2 Å². The lowest BCUT2D eigenvalue weighted by Crippen LogP contribution is -2.23. The highest BCUT2D eigenvalue weighted by atomic mass is 16.2.